The predicted molar refractivity (Wildman–Crippen MR) is 85.3 cm³/mol. The fraction of sp³-hybridized carbons (Fsp3) is 0.357. The average Bonchev–Trinajstić information content (AvgIpc) is 2.70. The van der Waals surface area contributed by atoms with Crippen LogP contribution < -0.4 is 5.32 Å². The number of nitrogens with one attached hydrogen (secondary N) is 1. The summed E-state index contributed by atoms with van der Waals surface area (Å²) >= 11 is 7.20. The Morgan fingerprint density at radius 3 is 2.63 bits per heavy atom. The van der Waals surface area contributed by atoms with E-state index in [2.05, 4.69) is 74.3 Å². The summed E-state index contributed by atoms with van der Waals surface area (Å²) in [6.07, 6.45) is 1.84. The van der Waals surface area contributed by atoms with Gasteiger partial charge in [0.25, 0.3) is 0 Å². The Labute approximate surface area is 130 Å². The Balaban J connectivity index is 2.55. The van der Waals surface area contributed by atoms with Crippen LogP contribution in [0.2, 0.25) is 0 Å². The van der Waals surface area contributed by atoms with E-state index in [0.29, 0.717) is 0 Å². The minimum atomic E-state index is 0.129. The van der Waals surface area contributed by atoms with Crippen LogP contribution in [0, 0.1) is 6.92 Å². The molecule has 0 aliphatic carbocycles. The van der Waals surface area contributed by atoms with Gasteiger partial charge in [-0.15, -0.1) is 0 Å². The summed E-state index contributed by atoms with van der Waals surface area (Å²) in [4.78, 5) is 0. The molecule has 102 valence electrons. The number of rotatable bonds is 4. The third-order valence-corrected chi connectivity index (χ3v) is 4.71. The SMILES string of the molecule is CCNC(c1cccc(Br)c1C)c1c(Br)cnn1C. The topological polar surface area (TPSA) is 29.9 Å². The lowest BCUT2D eigenvalue weighted by molar-refractivity contribution is 0.568. The molecule has 0 radical (unpaired) electrons. The van der Waals surface area contributed by atoms with E-state index < -0.39 is 0 Å². The zero-order valence-electron chi connectivity index (χ0n) is 11.2. The van der Waals surface area contributed by atoms with Gasteiger partial charge in [0.1, 0.15) is 0 Å². The third kappa shape index (κ3) is 2.93. The van der Waals surface area contributed by atoms with E-state index in [1.165, 1.54) is 11.1 Å². The normalized spacial score (nSPS) is 12.7. The summed E-state index contributed by atoms with van der Waals surface area (Å²) in [5.74, 6) is 0. The first kappa shape index (κ1) is 14.8. The lowest BCUT2D eigenvalue weighted by Gasteiger charge is -2.22. The minimum Gasteiger partial charge on any atom is -0.305 e. The first-order chi connectivity index (χ1) is 9.06. The molecular weight excluding hydrogens is 370 g/mol. The van der Waals surface area contributed by atoms with Crippen molar-refractivity contribution in [2.24, 2.45) is 7.05 Å². The second kappa shape index (κ2) is 6.20. The molecule has 2 aromatic rings. The maximum Gasteiger partial charge on any atom is 0.0762 e. The van der Waals surface area contributed by atoms with Crippen LogP contribution in [0.15, 0.2) is 33.3 Å². The Bertz CT molecular complexity index is 559. The lowest BCUT2D eigenvalue weighted by Crippen LogP contribution is -2.25. The van der Waals surface area contributed by atoms with Gasteiger partial charge in [-0.3, -0.25) is 4.68 Å². The molecule has 5 heteroatoms. The van der Waals surface area contributed by atoms with Gasteiger partial charge in [0.15, 0.2) is 0 Å². The van der Waals surface area contributed by atoms with Gasteiger partial charge in [0, 0.05) is 11.5 Å². The zero-order valence-corrected chi connectivity index (χ0v) is 14.4. The van der Waals surface area contributed by atoms with E-state index in [1.54, 1.807) is 0 Å². The van der Waals surface area contributed by atoms with Crippen molar-refractivity contribution >= 4 is 31.9 Å². The maximum absolute atomic E-state index is 4.31. The van der Waals surface area contributed by atoms with Crippen molar-refractivity contribution in [2.45, 2.75) is 19.9 Å². The molecule has 1 atom stereocenters. The van der Waals surface area contributed by atoms with Crippen molar-refractivity contribution in [1.29, 1.82) is 0 Å². The van der Waals surface area contributed by atoms with Gasteiger partial charge in [0.2, 0.25) is 0 Å². The van der Waals surface area contributed by atoms with Gasteiger partial charge in [-0.05, 0) is 46.6 Å². The minimum absolute atomic E-state index is 0.129. The highest BCUT2D eigenvalue weighted by Gasteiger charge is 2.21. The molecule has 1 N–H and O–H groups in total. The summed E-state index contributed by atoms with van der Waals surface area (Å²) in [5.41, 5.74) is 3.66. The van der Waals surface area contributed by atoms with E-state index >= 15 is 0 Å². The lowest BCUT2D eigenvalue weighted by atomic mass is 9.98. The first-order valence-corrected chi connectivity index (χ1v) is 7.80. The molecule has 1 unspecified atom stereocenters. The van der Waals surface area contributed by atoms with Gasteiger partial charge in [-0.25, -0.2) is 0 Å². The van der Waals surface area contributed by atoms with Crippen LogP contribution in [0.3, 0.4) is 0 Å². The highest BCUT2D eigenvalue weighted by molar-refractivity contribution is 9.10. The van der Waals surface area contributed by atoms with E-state index in [-0.39, 0.29) is 6.04 Å². The van der Waals surface area contributed by atoms with Crippen molar-refractivity contribution in [2.75, 3.05) is 6.54 Å². The van der Waals surface area contributed by atoms with Crippen molar-refractivity contribution in [1.82, 2.24) is 15.1 Å². The highest BCUT2D eigenvalue weighted by atomic mass is 79.9. The maximum atomic E-state index is 4.31. The number of benzene rings is 1. The number of nitrogens with zero attached hydrogens (tertiary/aromatic N) is 2. The summed E-state index contributed by atoms with van der Waals surface area (Å²) in [6, 6.07) is 6.43. The number of halogens is 2. The molecule has 0 saturated carbocycles. The Kier molecular flexibility index (Phi) is 4.81. The van der Waals surface area contributed by atoms with Crippen LogP contribution in [0.25, 0.3) is 0 Å². The molecule has 2 rings (SSSR count). The monoisotopic (exact) mass is 385 g/mol. The van der Waals surface area contributed by atoms with E-state index in [9.17, 15) is 0 Å². The summed E-state index contributed by atoms with van der Waals surface area (Å²) < 4.78 is 4.07. The molecule has 1 aromatic heterocycles. The van der Waals surface area contributed by atoms with Crippen LogP contribution >= 0.6 is 31.9 Å². The van der Waals surface area contributed by atoms with Gasteiger partial charge >= 0.3 is 0 Å². The molecule has 19 heavy (non-hydrogen) atoms. The average molecular weight is 387 g/mol. The number of hydrogen-bond donors (Lipinski definition) is 1. The first-order valence-electron chi connectivity index (χ1n) is 6.22. The highest BCUT2D eigenvalue weighted by Crippen LogP contribution is 2.32. The number of aryl methyl sites for hydroxylation is 1. The van der Waals surface area contributed by atoms with Crippen molar-refractivity contribution in [3.05, 3.63) is 50.2 Å². The van der Waals surface area contributed by atoms with Gasteiger partial charge in [-0.2, -0.15) is 5.10 Å². The summed E-state index contributed by atoms with van der Waals surface area (Å²) in [6.45, 7) is 5.15. The van der Waals surface area contributed by atoms with Crippen molar-refractivity contribution in [3.8, 4) is 0 Å². The molecule has 0 aliphatic heterocycles. The molecule has 0 spiro atoms. The second-order valence-electron chi connectivity index (χ2n) is 4.45. The number of aromatic nitrogens is 2. The second-order valence-corrected chi connectivity index (χ2v) is 6.15. The summed E-state index contributed by atoms with van der Waals surface area (Å²) in [5, 5.41) is 7.85. The Hall–Kier alpha value is -0.650. The predicted octanol–water partition coefficient (Wildman–Crippen LogP) is 3.95. The van der Waals surface area contributed by atoms with Crippen molar-refractivity contribution < 1.29 is 0 Å². The van der Waals surface area contributed by atoms with Gasteiger partial charge < -0.3 is 5.32 Å². The van der Waals surface area contributed by atoms with E-state index in [1.807, 2.05) is 17.9 Å². The molecular formula is C14H17Br2N3. The third-order valence-electron chi connectivity index (χ3n) is 3.24. The zero-order chi connectivity index (χ0) is 14.0. The van der Waals surface area contributed by atoms with Gasteiger partial charge in [0.05, 0.1) is 22.4 Å². The fourth-order valence-electron chi connectivity index (χ4n) is 2.24. The van der Waals surface area contributed by atoms with Crippen LogP contribution in [0.5, 0.6) is 0 Å². The smallest absolute Gasteiger partial charge is 0.0762 e. The van der Waals surface area contributed by atoms with E-state index in [4.69, 9.17) is 0 Å². The standard InChI is InChI=1S/C14H17Br2N3/c1-4-17-13(14-12(16)8-18-19(14)3)10-6-5-7-11(15)9(10)2/h5-8,13,17H,4H2,1-3H3. The van der Waals surface area contributed by atoms with Crippen LogP contribution in [-0.4, -0.2) is 16.3 Å². The molecule has 0 bridgehead atoms. The molecule has 0 aliphatic rings. The fourth-order valence-corrected chi connectivity index (χ4v) is 3.20. The van der Waals surface area contributed by atoms with Crippen LogP contribution in [0.4, 0.5) is 0 Å². The van der Waals surface area contributed by atoms with Crippen molar-refractivity contribution in [3.63, 3.8) is 0 Å². The summed E-state index contributed by atoms with van der Waals surface area (Å²) in [7, 11) is 1.97. The van der Waals surface area contributed by atoms with Crippen LogP contribution in [-0.2, 0) is 7.05 Å². The molecule has 3 nitrogen and oxygen atoms in total. The number of hydrogen-bond acceptors (Lipinski definition) is 2. The molecule has 1 heterocycles. The molecule has 0 saturated heterocycles. The quantitative estimate of drug-likeness (QED) is 0.861. The van der Waals surface area contributed by atoms with E-state index in [0.717, 1.165) is 21.2 Å². The van der Waals surface area contributed by atoms with Gasteiger partial charge in [-0.1, -0.05) is 35.0 Å². The molecule has 0 amide bonds. The Morgan fingerprint density at radius 2 is 2.05 bits per heavy atom. The molecule has 1 aromatic carbocycles. The molecule has 0 fully saturated rings. The van der Waals surface area contributed by atoms with Crippen LogP contribution in [0.1, 0.15) is 29.8 Å². The largest absolute Gasteiger partial charge is 0.305 e. The Morgan fingerprint density at radius 1 is 1.32 bits per heavy atom.